The Bertz CT molecular complexity index is 480. The maximum Gasteiger partial charge on any atom is 0.223 e. The number of nitrogens with two attached hydrogens (primary N) is 1. The predicted octanol–water partition coefficient (Wildman–Crippen LogP) is 2.22. The van der Waals surface area contributed by atoms with Gasteiger partial charge in [-0.25, -0.2) is 4.68 Å². The van der Waals surface area contributed by atoms with Gasteiger partial charge in [0, 0.05) is 7.05 Å². The molecule has 0 aromatic carbocycles. The second-order valence-corrected chi connectivity index (χ2v) is 5.81. The Labute approximate surface area is 114 Å². The third-order valence-corrected chi connectivity index (χ3v) is 4.27. The minimum atomic E-state index is 0.0258. The van der Waals surface area contributed by atoms with Gasteiger partial charge in [-0.3, -0.25) is 5.41 Å². The fraction of sp³-hybridized carbons (Fsp3) is 0.714. The van der Waals surface area contributed by atoms with E-state index in [1.165, 1.54) is 6.42 Å². The molecule has 19 heavy (non-hydrogen) atoms. The van der Waals surface area contributed by atoms with Crippen molar-refractivity contribution in [3.8, 4) is 5.88 Å². The van der Waals surface area contributed by atoms with Crippen molar-refractivity contribution in [1.82, 2.24) is 9.78 Å². The van der Waals surface area contributed by atoms with Crippen LogP contribution in [-0.2, 0) is 7.05 Å². The molecule has 5 heteroatoms. The molecule has 3 unspecified atom stereocenters. The van der Waals surface area contributed by atoms with Crippen LogP contribution in [0.15, 0.2) is 0 Å². The van der Waals surface area contributed by atoms with E-state index in [0.29, 0.717) is 17.4 Å². The zero-order valence-corrected chi connectivity index (χ0v) is 12.2. The summed E-state index contributed by atoms with van der Waals surface area (Å²) < 4.78 is 7.79. The van der Waals surface area contributed by atoms with Crippen LogP contribution in [0.25, 0.3) is 0 Å². The van der Waals surface area contributed by atoms with Crippen LogP contribution in [-0.4, -0.2) is 21.7 Å². The van der Waals surface area contributed by atoms with Gasteiger partial charge in [-0.2, -0.15) is 5.10 Å². The quantitative estimate of drug-likeness (QED) is 0.649. The van der Waals surface area contributed by atoms with E-state index in [4.69, 9.17) is 15.9 Å². The van der Waals surface area contributed by atoms with Crippen molar-refractivity contribution in [3.63, 3.8) is 0 Å². The fourth-order valence-electron chi connectivity index (χ4n) is 2.85. The summed E-state index contributed by atoms with van der Waals surface area (Å²) in [5, 5.41) is 12.0. The topological polar surface area (TPSA) is 76.9 Å². The van der Waals surface area contributed by atoms with Gasteiger partial charge < -0.3 is 10.5 Å². The van der Waals surface area contributed by atoms with Crippen LogP contribution < -0.4 is 10.5 Å². The number of aromatic nitrogens is 2. The zero-order chi connectivity index (χ0) is 14.2. The molecular weight excluding hydrogens is 240 g/mol. The summed E-state index contributed by atoms with van der Waals surface area (Å²) >= 11 is 0. The molecule has 5 nitrogen and oxygen atoms in total. The summed E-state index contributed by atoms with van der Waals surface area (Å²) in [5.74, 6) is 2.10. The standard InChI is InChI=1S/C14H24N4O/c1-8-5-6-11(7-9(8)2)19-14-12(13(15)16)10(3)17-18(14)4/h8-9,11H,5-7H2,1-4H3,(H3,15,16). The normalized spacial score (nSPS) is 27.3. The van der Waals surface area contributed by atoms with E-state index in [9.17, 15) is 0 Å². The van der Waals surface area contributed by atoms with Crippen LogP contribution >= 0.6 is 0 Å². The van der Waals surface area contributed by atoms with Crippen molar-refractivity contribution in [2.24, 2.45) is 24.6 Å². The van der Waals surface area contributed by atoms with Gasteiger partial charge in [0.2, 0.25) is 5.88 Å². The van der Waals surface area contributed by atoms with Crippen molar-refractivity contribution < 1.29 is 4.74 Å². The summed E-state index contributed by atoms with van der Waals surface area (Å²) in [6.07, 6.45) is 3.52. The number of hydrogen-bond acceptors (Lipinski definition) is 3. The Morgan fingerprint density at radius 1 is 1.37 bits per heavy atom. The Balaban J connectivity index is 2.17. The Morgan fingerprint density at radius 2 is 2.05 bits per heavy atom. The van der Waals surface area contributed by atoms with E-state index in [1.807, 2.05) is 14.0 Å². The molecule has 3 N–H and O–H groups in total. The van der Waals surface area contributed by atoms with E-state index in [-0.39, 0.29) is 11.9 Å². The van der Waals surface area contributed by atoms with E-state index >= 15 is 0 Å². The van der Waals surface area contributed by atoms with Gasteiger partial charge >= 0.3 is 0 Å². The van der Waals surface area contributed by atoms with Gasteiger partial charge in [0.15, 0.2) is 0 Å². The third kappa shape index (κ3) is 2.74. The lowest BCUT2D eigenvalue weighted by Crippen LogP contribution is -2.30. The Kier molecular flexibility index (Phi) is 3.83. The van der Waals surface area contributed by atoms with E-state index in [2.05, 4.69) is 18.9 Å². The summed E-state index contributed by atoms with van der Waals surface area (Å²) in [6, 6.07) is 0. The van der Waals surface area contributed by atoms with Gasteiger partial charge in [-0.1, -0.05) is 13.8 Å². The van der Waals surface area contributed by atoms with Crippen LogP contribution in [0.5, 0.6) is 5.88 Å². The molecule has 0 saturated heterocycles. The first kappa shape index (κ1) is 13.9. The maximum absolute atomic E-state index is 7.66. The molecule has 1 aliphatic carbocycles. The predicted molar refractivity (Wildman–Crippen MR) is 75.6 cm³/mol. The lowest BCUT2D eigenvalue weighted by Gasteiger charge is -2.32. The molecule has 0 amide bonds. The van der Waals surface area contributed by atoms with E-state index < -0.39 is 0 Å². The average molecular weight is 264 g/mol. The van der Waals surface area contributed by atoms with Crippen molar-refractivity contribution in [2.45, 2.75) is 46.1 Å². The minimum Gasteiger partial charge on any atom is -0.474 e. The second-order valence-electron chi connectivity index (χ2n) is 5.81. The molecule has 0 aliphatic heterocycles. The lowest BCUT2D eigenvalue weighted by atomic mass is 9.80. The molecule has 2 rings (SSSR count). The number of nitrogens with one attached hydrogen (secondary N) is 1. The molecule has 1 saturated carbocycles. The molecule has 0 bridgehead atoms. The maximum atomic E-state index is 7.66. The number of ether oxygens (including phenoxy) is 1. The lowest BCUT2D eigenvalue weighted by molar-refractivity contribution is 0.0922. The third-order valence-electron chi connectivity index (χ3n) is 4.27. The monoisotopic (exact) mass is 264 g/mol. The molecule has 1 aromatic heterocycles. The summed E-state index contributed by atoms with van der Waals surface area (Å²) in [7, 11) is 1.84. The molecular formula is C14H24N4O. The molecule has 1 fully saturated rings. The first-order valence-electron chi connectivity index (χ1n) is 6.94. The first-order chi connectivity index (χ1) is 8.90. The minimum absolute atomic E-state index is 0.0258. The van der Waals surface area contributed by atoms with Gasteiger partial charge in [-0.05, 0) is 38.0 Å². The Hall–Kier alpha value is -1.52. The van der Waals surface area contributed by atoms with Crippen molar-refractivity contribution >= 4 is 5.84 Å². The largest absolute Gasteiger partial charge is 0.474 e. The highest BCUT2D eigenvalue weighted by Gasteiger charge is 2.28. The average Bonchev–Trinajstić information content (AvgIpc) is 2.59. The summed E-state index contributed by atoms with van der Waals surface area (Å²) in [6.45, 7) is 6.44. The molecule has 106 valence electrons. The molecule has 1 aliphatic rings. The molecule has 0 spiro atoms. The van der Waals surface area contributed by atoms with Crippen LogP contribution in [0.4, 0.5) is 0 Å². The zero-order valence-electron chi connectivity index (χ0n) is 12.2. The molecule has 3 atom stereocenters. The highest BCUT2D eigenvalue weighted by Crippen LogP contribution is 2.33. The van der Waals surface area contributed by atoms with Crippen molar-refractivity contribution in [3.05, 3.63) is 11.3 Å². The van der Waals surface area contributed by atoms with E-state index in [1.54, 1.807) is 4.68 Å². The number of nitrogen functional groups attached to an aromatic ring is 1. The fourth-order valence-corrected chi connectivity index (χ4v) is 2.85. The highest BCUT2D eigenvalue weighted by atomic mass is 16.5. The number of nitrogens with zero attached hydrogens (tertiary/aromatic N) is 2. The van der Waals surface area contributed by atoms with Gasteiger partial charge in [0.1, 0.15) is 17.5 Å². The Morgan fingerprint density at radius 3 is 2.63 bits per heavy atom. The van der Waals surface area contributed by atoms with Gasteiger partial charge in [-0.15, -0.1) is 0 Å². The van der Waals surface area contributed by atoms with Gasteiger partial charge in [0.05, 0.1) is 5.69 Å². The SMILES string of the molecule is Cc1nn(C)c(OC2CCC(C)C(C)C2)c1C(=N)N. The van der Waals surface area contributed by atoms with Crippen molar-refractivity contribution in [2.75, 3.05) is 0 Å². The van der Waals surface area contributed by atoms with Crippen molar-refractivity contribution in [1.29, 1.82) is 5.41 Å². The van der Waals surface area contributed by atoms with E-state index in [0.717, 1.165) is 24.5 Å². The number of amidine groups is 1. The number of aryl methyl sites for hydroxylation is 2. The highest BCUT2D eigenvalue weighted by molar-refractivity contribution is 5.98. The summed E-state index contributed by atoms with van der Waals surface area (Å²) in [4.78, 5) is 0. The van der Waals surface area contributed by atoms with Crippen LogP contribution in [0.1, 0.15) is 44.4 Å². The molecule has 0 radical (unpaired) electrons. The number of rotatable bonds is 3. The summed E-state index contributed by atoms with van der Waals surface area (Å²) in [5.41, 5.74) is 7.02. The second kappa shape index (κ2) is 5.23. The molecule has 1 heterocycles. The first-order valence-corrected chi connectivity index (χ1v) is 6.94. The smallest absolute Gasteiger partial charge is 0.223 e. The van der Waals surface area contributed by atoms with Crippen LogP contribution in [0.2, 0.25) is 0 Å². The molecule has 1 aromatic rings. The van der Waals surface area contributed by atoms with Gasteiger partial charge in [0.25, 0.3) is 0 Å². The van der Waals surface area contributed by atoms with Crippen LogP contribution in [0.3, 0.4) is 0 Å². The number of hydrogen-bond donors (Lipinski definition) is 2. The van der Waals surface area contributed by atoms with Crippen LogP contribution in [0, 0.1) is 24.2 Å².